The Bertz CT molecular complexity index is 1150. The highest BCUT2D eigenvalue weighted by Crippen LogP contribution is 2.26. The zero-order valence-corrected chi connectivity index (χ0v) is 16.0. The average Bonchev–Trinajstić information content (AvgIpc) is 3.29. The second-order valence-electron chi connectivity index (χ2n) is 6.27. The van der Waals surface area contributed by atoms with E-state index in [4.69, 9.17) is 0 Å². The van der Waals surface area contributed by atoms with Gasteiger partial charge in [-0.05, 0) is 38.1 Å². The fraction of sp³-hybridized carbons (Fsp3) is 0.100. The van der Waals surface area contributed by atoms with E-state index < -0.39 is 5.91 Å². The Hall–Kier alpha value is -3.39. The quantitative estimate of drug-likeness (QED) is 0.558. The summed E-state index contributed by atoms with van der Waals surface area (Å²) in [4.78, 5) is 17.0. The lowest BCUT2D eigenvalue weighted by molar-refractivity contribution is 0.102. The standard InChI is InChI=1S/C20H16FN5OS/c1-12-6-8-16(9-7-12)26-13(2)18(24-25-26)19(27)23-20-22-17(11-28-20)14-4-3-5-15(21)10-14/h3-11H,1-2H3,(H,22,23,27). The van der Waals surface area contributed by atoms with E-state index in [-0.39, 0.29) is 11.5 Å². The topological polar surface area (TPSA) is 72.7 Å². The molecule has 0 spiro atoms. The SMILES string of the molecule is Cc1ccc(-n2nnc(C(=O)Nc3nc(-c4cccc(F)c4)cs3)c2C)cc1. The second kappa shape index (κ2) is 7.32. The molecule has 0 saturated carbocycles. The van der Waals surface area contributed by atoms with Crippen LogP contribution >= 0.6 is 11.3 Å². The van der Waals surface area contributed by atoms with Gasteiger partial charge in [-0.15, -0.1) is 16.4 Å². The molecule has 1 amide bonds. The molecule has 0 atom stereocenters. The fourth-order valence-corrected chi connectivity index (χ4v) is 3.45. The van der Waals surface area contributed by atoms with E-state index in [0.29, 0.717) is 22.1 Å². The lowest BCUT2D eigenvalue weighted by atomic mass is 10.2. The summed E-state index contributed by atoms with van der Waals surface area (Å²) in [7, 11) is 0. The molecule has 0 fully saturated rings. The number of aromatic nitrogens is 4. The largest absolute Gasteiger partial charge is 0.296 e. The molecule has 6 nitrogen and oxygen atoms in total. The van der Waals surface area contributed by atoms with Crippen molar-refractivity contribution in [3.05, 3.63) is 76.7 Å². The van der Waals surface area contributed by atoms with Crippen molar-refractivity contribution in [1.29, 1.82) is 0 Å². The predicted octanol–water partition coefficient (Wildman–Crippen LogP) is 4.40. The number of anilines is 1. The maximum atomic E-state index is 13.4. The molecule has 1 N–H and O–H groups in total. The van der Waals surface area contributed by atoms with E-state index in [2.05, 4.69) is 20.6 Å². The molecule has 0 aliphatic rings. The molecule has 0 radical (unpaired) electrons. The highest BCUT2D eigenvalue weighted by Gasteiger charge is 2.19. The molecule has 0 bridgehead atoms. The van der Waals surface area contributed by atoms with Gasteiger partial charge >= 0.3 is 0 Å². The molecule has 0 aliphatic carbocycles. The second-order valence-corrected chi connectivity index (χ2v) is 7.13. The molecule has 2 aromatic carbocycles. The molecule has 4 aromatic rings. The van der Waals surface area contributed by atoms with Crippen molar-refractivity contribution in [2.24, 2.45) is 0 Å². The van der Waals surface area contributed by atoms with Crippen molar-refractivity contribution >= 4 is 22.4 Å². The summed E-state index contributed by atoms with van der Waals surface area (Å²) in [6, 6.07) is 13.9. The number of benzene rings is 2. The van der Waals surface area contributed by atoms with Gasteiger partial charge in [0, 0.05) is 10.9 Å². The van der Waals surface area contributed by atoms with Crippen LogP contribution in [0.2, 0.25) is 0 Å². The van der Waals surface area contributed by atoms with E-state index in [0.717, 1.165) is 11.3 Å². The lowest BCUT2D eigenvalue weighted by Crippen LogP contribution is -2.14. The van der Waals surface area contributed by atoms with Crippen molar-refractivity contribution in [3.8, 4) is 16.9 Å². The van der Waals surface area contributed by atoms with Crippen LogP contribution in [0.4, 0.5) is 9.52 Å². The number of thiazole rings is 1. The molecule has 2 heterocycles. The van der Waals surface area contributed by atoms with Crippen LogP contribution < -0.4 is 5.32 Å². The number of hydrogen-bond donors (Lipinski definition) is 1. The van der Waals surface area contributed by atoms with Crippen molar-refractivity contribution in [3.63, 3.8) is 0 Å². The number of nitrogens with one attached hydrogen (secondary N) is 1. The number of hydrogen-bond acceptors (Lipinski definition) is 5. The van der Waals surface area contributed by atoms with E-state index in [1.165, 1.54) is 23.5 Å². The van der Waals surface area contributed by atoms with Gasteiger partial charge in [0.05, 0.1) is 17.1 Å². The Morgan fingerprint density at radius 3 is 2.68 bits per heavy atom. The van der Waals surface area contributed by atoms with Gasteiger partial charge in [0.2, 0.25) is 0 Å². The summed E-state index contributed by atoms with van der Waals surface area (Å²) < 4.78 is 15.0. The molecule has 8 heteroatoms. The molecule has 0 unspecified atom stereocenters. The molecule has 140 valence electrons. The summed E-state index contributed by atoms with van der Waals surface area (Å²) in [5.41, 5.74) is 4.07. The minimum Gasteiger partial charge on any atom is -0.296 e. The summed E-state index contributed by atoms with van der Waals surface area (Å²) in [6.45, 7) is 3.79. The van der Waals surface area contributed by atoms with Crippen LogP contribution in [0.5, 0.6) is 0 Å². The van der Waals surface area contributed by atoms with Crippen LogP contribution in [0.25, 0.3) is 16.9 Å². The van der Waals surface area contributed by atoms with Crippen LogP contribution in [-0.4, -0.2) is 25.9 Å². The van der Waals surface area contributed by atoms with Gasteiger partial charge < -0.3 is 0 Å². The van der Waals surface area contributed by atoms with Crippen LogP contribution in [0.3, 0.4) is 0 Å². The molecule has 2 aromatic heterocycles. The number of nitrogens with zero attached hydrogens (tertiary/aromatic N) is 4. The maximum absolute atomic E-state index is 13.4. The minimum atomic E-state index is -0.393. The highest BCUT2D eigenvalue weighted by atomic mass is 32.1. The van der Waals surface area contributed by atoms with Gasteiger partial charge in [-0.25, -0.2) is 14.1 Å². The average molecular weight is 393 g/mol. The van der Waals surface area contributed by atoms with Gasteiger partial charge in [-0.3, -0.25) is 10.1 Å². The van der Waals surface area contributed by atoms with E-state index in [1.807, 2.05) is 31.2 Å². The van der Waals surface area contributed by atoms with Crippen molar-refractivity contribution in [1.82, 2.24) is 20.0 Å². The Labute approximate surface area is 164 Å². The fourth-order valence-electron chi connectivity index (χ4n) is 2.74. The van der Waals surface area contributed by atoms with Gasteiger partial charge in [-0.1, -0.05) is 35.0 Å². The predicted molar refractivity (Wildman–Crippen MR) is 106 cm³/mol. The third-order valence-electron chi connectivity index (χ3n) is 4.23. The van der Waals surface area contributed by atoms with E-state index >= 15 is 0 Å². The van der Waals surface area contributed by atoms with Crippen molar-refractivity contribution in [2.45, 2.75) is 13.8 Å². The third-order valence-corrected chi connectivity index (χ3v) is 4.99. The number of carbonyl (C=O) groups is 1. The molecular formula is C20H16FN5OS. The number of rotatable bonds is 4. The van der Waals surface area contributed by atoms with Crippen LogP contribution in [0, 0.1) is 19.7 Å². The van der Waals surface area contributed by atoms with Gasteiger partial charge in [0.25, 0.3) is 5.91 Å². The highest BCUT2D eigenvalue weighted by molar-refractivity contribution is 7.14. The van der Waals surface area contributed by atoms with Crippen LogP contribution in [-0.2, 0) is 0 Å². The Kier molecular flexibility index (Phi) is 4.70. The van der Waals surface area contributed by atoms with E-state index in [1.54, 1.807) is 29.1 Å². The van der Waals surface area contributed by atoms with E-state index in [9.17, 15) is 9.18 Å². The number of halogens is 1. The molecule has 0 saturated heterocycles. The molecule has 28 heavy (non-hydrogen) atoms. The number of carbonyl (C=O) groups excluding carboxylic acids is 1. The summed E-state index contributed by atoms with van der Waals surface area (Å²) >= 11 is 1.26. The first-order chi connectivity index (χ1) is 13.5. The normalized spacial score (nSPS) is 10.8. The van der Waals surface area contributed by atoms with Gasteiger partial charge in [0.1, 0.15) is 5.82 Å². The number of amides is 1. The first-order valence-electron chi connectivity index (χ1n) is 8.53. The zero-order chi connectivity index (χ0) is 19.7. The summed E-state index contributed by atoms with van der Waals surface area (Å²) in [6.07, 6.45) is 0. The number of aryl methyl sites for hydroxylation is 1. The third kappa shape index (κ3) is 3.54. The van der Waals surface area contributed by atoms with Crippen molar-refractivity contribution < 1.29 is 9.18 Å². The smallest absolute Gasteiger partial charge is 0.279 e. The maximum Gasteiger partial charge on any atom is 0.279 e. The molecule has 0 aliphatic heterocycles. The van der Waals surface area contributed by atoms with Crippen molar-refractivity contribution in [2.75, 3.05) is 5.32 Å². The lowest BCUT2D eigenvalue weighted by Gasteiger charge is -2.04. The van der Waals surface area contributed by atoms with Crippen LogP contribution in [0.15, 0.2) is 53.9 Å². The first kappa shape index (κ1) is 18.0. The monoisotopic (exact) mass is 393 g/mol. The summed E-state index contributed by atoms with van der Waals surface area (Å²) in [5.74, 6) is -0.726. The zero-order valence-electron chi connectivity index (χ0n) is 15.2. The molecular weight excluding hydrogens is 377 g/mol. The Morgan fingerprint density at radius 2 is 1.93 bits per heavy atom. The first-order valence-corrected chi connectivity index (χ1v) is 9.41. The van der Waals surface area contributed by atoms with Gasteiger partial charge in [0.15, 0.2) is 10.8 Å². The minimum absolute atomic E-state index is 0.225. The van der Waals surface area contributed by atoms with Crippen LogP contribution in [0.1, 0.15) is 21.7 Å². The van der Waals surface area contributed by atoms with Gasteiger partial charge in [-0.2, -0.15) is 0 Å². The Balaban J connectivity index is 1.54. The molecule has 4 rings (SSSR count). The summed E-state index contributed by atoms with van der Waals surface area (Å²) in [5, 5.41) is 13.0. The Morgan fingerprint density at radius 1 is 1.14 bits per heavy atom.